The van der Waals surface area contributed by atoms with Crippen LogP contribution in [0.2, 0.25) is 0 Å². The predicted molar refractivity (Wildman–Crippen MR) is 58.4 cm³/mol. The number of carbonyl (C=O) groups excluding carboxylic acids is 1. The van der Waals surface area contributed by atoms with Crippen molar-refractivity contribution in [3.8, 4) is 12.1 Å². The standard InChI is InChI=1S/C12H10FN3O/c13-11-4-2-1-3-10(11)12(17)9-16(7-5-14)8-6-15/h1-4H,7-9H2. The summed E-state index contributed by atoms with van der Waals surface area (Å²) in [5.41, 5.74) is -0.0200. The Morgan fingerprint density at radius 2 is 1.82 bits per heavy atom. The van der Waals surface area contributed by atoms with Crippen molar-refractivity contribution in [2.75, 3.05) is 19.6 Å². The maximum Gasteiger partial charge on any atom is 0.179 e. The topological polar surface area (TPSA) is 67.9 Å². The van der Waals surface area contributed by atoms with E-state index in [-0.39, 0.29) is 25.2 Å². The molecule has 0 saturated carbocycles. The number of hydrogen-bond donors (Lipinski definition) is 0. The second kappa shape index (κ2) is 6.37. The fourth-order valence-corrected chi connectivity index (χ4v) is 1.34. The quantitative estimate of drug-likeness (QED) is 0.566. The highest BCUT2D eigenvalue weighted by Gasteiger charge is 2.14. The van der Waals surface area contributed by atoms with Crippen LogP contribution in [0, 0.1) is 28.5 Å². The molecule has 0 aromatic heterocycles. The van der Waals surface area contributed by atoms with Gasteiger partial charge in [-0.2, -0.15) is 10.5 Å². The number of benzene rings is 1. The van der Waals surface area contributed by atoms with Gasteiger partial charge in [0.2, 0.25) is 0 Å². The van der Waals surface area contributed by atoms with Crippen LogP contribution in [-0.4, -0.2) is 30.3 Å². The van der Waals surface area contributed by atoms with E-state index in [0.717, 1.165) is 0 Å². The highest BCUT2D eigenvalue weighted by atomic mass is 19.1. The van der Waals surface area contributed by atoms with Gasteiger partial charge in [-0.1, -0.05) is 12.1 Å². The molecule has 0 bridgehead atoms. The molecule has 0 aliphatic carbocycles. The van der Waals surface area contributed by atoms with E-state index in [4.69, 9.17) is 10.5 Å². The Morgan fingerprint density at radius 3 is 2.35 bits per heavy atom. The van der Waals surface area contributed by atoms with Gasteiger partial charge >= 0.3 is 0 Å². The van der Waals surface area contributed by atoms with Crippen LogP contribution >= 0.6 is 0 Å². The van der Waals surface area contributed by atoms with E-state index >= 15 is 0 Å². The Labute approximate surface area is 98.5 Å². The molecule has 0 radical (unpaired) electrons. The molecular formula is C12H10FN3O. The van der Waals surface area contributed by atoms with Crippen LogP contribution in [0.4, 0.5) is 4.39 Å². The molecule has 4 nitrogen and oxygen atoms in total. The summed E-state index contributed by atoms with van der Waals surface area (Å²) in [6, 6.07) is 9.35. The molecule has 0 N–H and O–H groups in total. The van der Waals surface area contributed by atoms with Crippen LogP contribution in [0.15, 0.2) is 24.3 Å². The van der Waals surface area contributed by atoms with Gasteiger partial charge < -0.3 is 0 Å². The lowest BCUT2D eigenvalue weighted by Gasteiger charge is -2.13. The van der Waals surface area contributed by atoms with Crippen LogP contribution < -0.4 is 0 Å². The molecule has 86 valence electrons. The van der Waals surface area contributed by atoms with Gasteiger partial charge in [0.05, 0.1) is 37.3 Å². The van der Waals surface area contributed by atoms with Crippen molar-refractivity contribution in [3.63, 3.8) is 0 Å². The van der Waals surface area contributed by atoms with Gasteiger partial charge in [-0.05, 0) is 12.1 Å². The first-order valence-corrected chi connectivity index (χ1v) is 4.93. The summed E-state index contributed by atoms with van der Waals surface area (Å²) in [6.45, 7) is -0.205. The number of nitriles is 2. The largest absolute Gasteiger partial charge is 0.293 e. The minimum atomic E-state index is -0.591. The normalized spacial score (nSPS) is 9.65. The van der Waals surface area contributed by atoms with Crippen molar-refractivity contribution in [2.24, 2.45) is 0 Å². The second-order valence-electron chi connectivity index (χ2n) is 3.36. The average molecular weight is 231 g/mol. The van der Waals surface area contributed by atoms with E-state index in [1.165, 1.54) is 23.1 Å². The summed E-state index contributed by atoms with van der Waals surface area (Å²) >= 11 is 0. The Bertz CT molecular complexity index is 471. The predicted octanol–water partition coefficient (Wildman–Crippen LogP) is 1.36. The summed E-state index contributed by atoms with van der Waals surface area (Å²) in [4.78, 5) is 13.1. The zero-order valence-corrected chi connectivity index (χ0v) is 9.06. The summed E-state index contributed by atoms with van der Waals surface area (Å²) in [6.07, 6.45) is 0. The molecule has 0 atom stereocenters. The average Bonchev–Trinajstić information content (AvgIpc) is 2.30. The van der Waals surface area contributed by atoms with Crippen molar-refractivity contribution < 1.29 is 9.18 Å². The van der Waals surface area contributed by atoms with Crippen molar-refractivity contribution in [1.82, 2.24) is 4.90 Å². The minimum absolute atomic E-state index is 0.0200. The van der Waals surface area contributed by atoms with E-state index in [0.29, 0.717) is 0 Å². The number of Topliss-reactive ketones (excluding diaryl/α,β-unsaturated/α-hetero) is 1. The first-order chi connectivity index (χ1) is 8.19. The van der Waals surface area contributed by atoms with E-state index in [1.54, 1.807) is 6.07 Å². The van der Waals surface area contributed by atoms with Gasteiger partial charge in [0, 0.05) is 0 Å². The number of ketones is 1. The van der Waals surface area contributed by atoms with Crippen molar-refractivity contribution in [3.05, 3.63) is 35.6 Å². The fraction of sp³-hybridized carbons (Fsp3) is 0.250. The van der Waals surface area contributed by atoms with E-state index < -0.39 is 11.6 Å². The number of carbonyl (C=O) groups is 1. The number of hydrogen-bond acceptors (Lipinski definition) is 4. The molecule has 17 heavy (non-hydrogen) atoms. The fourth-order valence-electron chi connectivity index (χ4n) is 1.34. The molecule has 5 heteroatoms. The Kier molecular flexibility index (Phi) is 4.80. The molecule has 0 amide bonds. The minimum Gasteiger partial charge on any atom is -0.293 e. The summed E-state index contributed by atoms with van der Waals surface area (Å²) in [5.74, 6) is -1.03. The number of rotatable bonds is 5. The van der Waals surface area contributed by atoms with Crippen molar-refractivity contribution in [2.45, 2.75) is 0 Å². The third-order valence-corrected chi connectivity index (χ3v) is 2.13. The smallest absolute Gasteiger partial charge is 0.179 e. The van der Waals surface area contributed by atoms with Crippen molar-refractivity contribution >= 4 is 5.78 Å². The number of halogens is 1. The third-order valence-electron chi connectivity index (χ3n) is 2.13. The van der Waals surface area contributed by atoms with Crippen LogP contribution in [0.25, 0.3) is 0 Å². The Hall–Kier alpha value is -2.24. The van der Waals surface area contributed by atoms with Gasteiger partial charge in [-0.15, -0.1) is 0 Å². The molecule has 0 aliphatic rings. The number of nitrogens with zero attached hydrogens (tertiary/aromatic N) is 3. The Morgan fingerprint density at radius 1 is 1.24 bits per heavy atom. The zero-order valence-electron chi connectivity index (χ0n) is 9.06. The lowest BCUT2D eigenvalue weighted by Crippen LogP contribution is -2.31. The van der Waals surface area contributed by atoms with Gasteiger partial charge in [0.15, 0.2) is 5.78 Å². The summed E-state index contributed by atoms with van der Waals surface area (Å²) < 4.78 is 13.3. The zero-order chi connectivity index (χ0) is 12.7. The molecule has 0 fully saturated rings. The van der Waals surface area contributed by atoms with Gasteiger partial charge in [-0.25, -0.2) is 4.39 Å². The molecule has 0 heterocycles. The van der Waals surface area contributed by atoms with Crippen LogP contribution in [0.3, 0.4) is 0 Å². The SMILES string of the molecule is N#CCN(CC#N)CC(=O)c1ccccc1F. The van der Waals surface area contributed by atoms with Gasteiger partial charge in [0.1, 0.15) is 5.82 Å². The monoisotopic (exact) mass is 231 g/mol. The summed E-state index contributed by atoms with van der Waals surface area (Å²) in [7, 11) is 0. The molecule has 1 aromatic carbocycles. The Balaban J connectivity index is 2.75. The first kappa shape index (κ1) is 12.8. The molecule has 1 rings (SSSR count). The molecule has 0 spiro atoms. The third kappa shape index (κ3) is 3.67. The van der Waals surface area contributed by atoms with Crippen molar-refractivity contribution in [1.29, 1.82) is 10.5 Å². The lowest BCUT2D eigenvalue weighted by atomic mass is 10.1. The van der Waals surface area contributed by atoms with Gasteiger partial charge in [0.25, 0.3) is 0 Å². The highest BCUT2D eigenvalue weighted by Crippen LogP contribution is 2.07. The maximum absolute atomic E-state index is 13.3. The van der Waals surface area contributed by atoms with Crippen LogP contribution in [-0.2, 0) is 0 Å². The van der Waals surface area contributed by atoms with Gasteiger partial charge in [-0.3, -0.25) is 9.69 Å². The van der Waals surface area contributed by atoms with E-state index in [1.807, 2.05) is 12.1 Å². The molecule has 0 unspecified atom stereocenters. The van der Waals surface area contributed by atoms with Crippen LogP contribution in [0.5, 0.6) is 0 Å². The molecule has 0 saturated heterocycles. The lowest BCUT2D eigenvalue weighted by molar-refractivity contribution is 0.0942. The highest BCUT2D eigenvalue weighted by molar-refractivity contribution is 5.97. The molecule has 1 aromatic rings. The maximum atomic E-state index is 13.3. The summed E-state index contributed by atoms with van der Waals surface area (Å²) in [5, 5.41) is 17.0. The van der Waals surface area contributed by atoms with Crippen LogP contribution in [0.1, 0.15) is 10.4 Å². The molecular weight excluding hydrogens is 221 g/mol. The second-order valence-corrected chi connectivity index (χ2v) is 3.36. The first-order valence-electron chi connectivity index (χ1n) is 4.93. The molecule has 0 aliphatic heterocycles. The van der Waals surface area contributed by atoms with E-state index in [2.05, 4.69) is 0 Å². The van der Waals surface area contributed by atoms with E-state index in [9.17, 15) is 9.18 Å².